The lowest BCUT2D eigenvalue weighted by atomic mass is 10.0. The van der Waals surface area contributed by atoms with Crippen LogP contribution in [0.2, 0.25) is 0 Å². The summed E-state index contributed by atoms with van der Waals surface area (Å²) in [6.45, 7) is 0. The molecule has 0 aliphatic rings. The molecule has 0 aromatic heterocycles. The van der Waals surface area contributed by atoms with Gasteiger partial charge in [0.1, 0.15) is 0 Å². The van der Waals surface area contributed by atoms with E-state index >= 15 is 0 Å². The maximum absolute atomic E-state index is 2.27. The van der Waals surface area contributed by atoms with Crippen molar-refractivity contribution in [3.05, 3.63) is 59.7 Å². The van der Waals surface area contributed by atoms with Crippen LogP contribution in [-0.4, -0.2) is 28.2 Å². The van der Waals surface area contributed by atoms with E-state index in [4.69, 9.17) is 0 Å². The largest absolute Gasteiger partial charge is 0.377 e. The van der Waals surface area contributed by atoms with E-state index < -0.39 is 0 Å². The Morgan fingerprint density at radius 1 is 0.542 bits per heavy atom. The van der Waals surface area contributed by atoms with Crippen molar-refractivity contribution in [2.75, 3.05) is 38.0 Å². The van der Waals surface area contributed by atoms with Gasteiger partial charge < -0.3 is 9.80 Å². The first kappa shape index (κ1) is 18.4. The molecule has 0 aliphatic heterocycles. The number of hydrogen-bond acceptors (Lipinski definition) is 2. The van der Waals surface area contributed by atoms with Gasteiger partial charge in [-0.15, -0.1) is 0 Å². The highest BCUT2D eigenvalue weighted by molar-refractivity contribution is 5.53. The number of benzene rings is 2. The molecule has 2 aromatic carbocycles. The molecule has 0 fully saturated rings. The fraction of sp³-hybridized carbons (Fsp3) is 0.455. The molecule has 2 rings (SSSR count). The van der Waals surface area contributed by atoms with Crippen molar-refractivity contribution in [3.63, 3.8) is 0 Å². The molecule has 130 valence electrons. The Labute approximate surface area is 148 Å². The van der Waals surface area contributed by atoms with Crippen molar-refractivity contribution in [2.45, 2.75) is 38.5 Å². The second-order valence-corrected chi connectivity index (χ2v) is 6.96. The molecule has 0 saturated heterocycles. The number of hydrogen-bond donors (Lipinski definition) is 0. The molecule has 0 saturated carbocycles. The van der Waals surface area contributed by atoms with Gasteiger partial charge in [-0.05, 0) is 48.9 Å². The van der Waals surface area contributed by atoms with Gasteiger partial charge >= 0.3 is 0 Å². The van der Waals surface area contributed by atoms with Crippen molar-refractivity contribution in [1.29, 1.82) is 0 Å². The van der Waals surface area contributed by atoms with Gasteiger partial charge in [0.25, 0.3) is 0 Å². The van der Waals surface area contributed by atoms with E-state index in [9.17, 15) is 0 Å². The van der Waals surface area contributed by atoms with Gasteiger partial charge in [-0.2, -0.15) is 0 Å². The minimum atomic E-state index is 1.18. The molecule has 2 nitrogen and oxygen atoms in total. The Kier molecular flexibility index (Phi) is 7.17. The Bertz CT molecular complexity index is 561. The van der Waals surface area contributed by atoms with E-state index in [2.05, 4.69) is 86.5 Å². The first-order valence-corrected chi connectivity index (χ1v) is 9.10. The van der Waals surface area contributed by atoms with Crippen LogP contribution in [0.5, 0.6) is 0 Å². The highest BCUT2D eigenvalue weighted by atomic mass is 15.1. The van der Waals surface area contributed by atoms with Crippen LogP contribution in [0.4, 0.5) is 11.4 Å². The second-order valence-electron chi connectivity index (χ2n) is 6.96. The van der Waals surface area contributed by atoms with Gasteiger partial charge in [0.05, 0.1) is 0 Å². The Balaban J connectivity index is 1.73. The summed E-state index contributed by atoms with van der Waals surface area (Å²) in [5.74, 6) is 0. The summed E-state index contributed by atoms with van der Waals surface area (Å²) in [6, 6.07) is 17.5. The van der Waals surface area contributed by atoms with E-state index in [1.54, 1.807) is 0 Å². The minimum absolute atomic E-state index is 1.18. The smallest absolute Gasteiger partial charge is 0.0393 e. The summed E-state index contributed by atoms with van der Waals surface area (Å²) in [6.07, 6.45) is 7.55. The summed E-state index contributed by atoms with van der Waals surface area (Å²) >= 11 is 0. The van der Waals surface area contributed by atoms with E-state index in [1.165, 1.54) is 61.0 Å². The number of aryl methyl sites for hydroxylation is 2. The molecule has 0 amide bonds. The maximum Gasteiger partial charge on any atom is 0.0393 e. The lowest BCUT2D eigenvalue weighted by molar-refractivity contribution is 0.640. The fourth-order valence-electron chi connectivity index (χ4n) is 3.30. The van der Waals surface area contributed by atoms with Gasteiger partial charge in [0.15, 0.2) is 0 Å². The molecule has 0 spiro atoms. The standard InChI is InChI=1S/C22H32N2/c1-23(2)21-17-11-9-15-19(21)13-7-5-6-8-14-20-16-10-12-18-22(20)24(3)4/h9-12,15-18H,5-8,13-14H2,1-4H3. The van der Waals surface area contributed by atoms with Crippen molar-refractivity contribution in [1.82, 2.24) is 0 Å². The first-order chi connectivity index (χ1) is 11.6. The average molecular weight is 325 g/mol. The average Bonchev–Trinajstić information content (AvgIpc) is 2.58. The van der Waals surface area contributed by atoms with Gasteiger partial charge in [0.2, 0.25) is 0 Å². The first-order valence-electron chi connectivity index (χ1n) is 9.10. The molecule has 2 heteroatoms. The maximum atomic E-state index is 2.27. The monoisotopic (exact) mass is 324 g/mol. The summed E-state index contributed by atoms with van der Waals surface area (Å²) in [5.41, 5.74) is 5.66. The van der Waals surface area contributed by atoms with Crippen LogP contribution in [0.1, 0.15) is 36.8 Å². The van der Waals surface area contributed by atoms with Crippen LogP contribution in [-0.2, 0) is 12.8 Å². The zero-order valence-electron chi connectivity index (χ0n) is 15.8. The molecule has 0 N–H and O–H groups in total. The normalized spacial score (nSPS) is 10.7. The molecule has 24 heavy (non-hydrogen) atoms. The molecule has 0 unspecified atom stereocenters. The van der Waals surface area contributed by atoms with Gasteiger partial charge in [-0.3, -0.25) is 0 Å². The van der Waals surface area contributed by atoms with Gasteiger partial charge in [-0.1, -0.05) is 49.2 Å². The number of unbranched alkanes of at least 4 members (excludes halogenated alkanes) is 3. The van der Waals surface area contributed by atoms with E-state index in [0.717, 1.165) is 0 Å². The van der Waals surface area contributed by atoms with Crippen molar-refractivity contribution < 1.29 is 0 Å². The summed E-state index contributed by atoms with van der Waals surface area (Å²) in [5, 5.41) is 0. The van der Waals surface area contributed by atoms with Crippen LogP contribution in [0, 0.1) is 0 Å². The van der Waals surface area contributed by atoms with E-state index in [-0.39, 0.29) is 0 Å². The van der Waals surface area contributed by atoms with E-state index in [1.807, 2.05) is 0 Å². The topological polar surface area (TPSA) is 6.48 Å². The Hall–Kier alpha value is -1.96. The molecular formula is C22H32N2. The predicted molar refractivity (Wildman–Crippen MR) is 107 cm³/mol. The number of rotatable bonds is 9. The van der Waals surface area contributed by atoms with Gasteiger partial charge in [-0.25, -0.2) is 0 Å². The van der Waals surface area contributed by atoms with E-state index in [0.29, 0.717) is 0 Å². The van der Waals surface area contributed by atoms with Crippen LogP contribution < -0.4 is 9.80 Å². The molecule has 0 aliphatic carbocycles. The third-order valence-corrected chi connectivity index (χ3v) is 4.59. The quantitative estimate of drug-likeness (QED) is 0.588. The molecular weight excluding hydrogens is 292 g/mol. The molecule has 0 radical (unpaired) electrons. The summed E-state index contributed by atoms with van der Waals surface area (Å²) in [7, 11) is 8.50. The number of anilines is 2. The second kappa shape index (κ2) is 9.36. The minimum Gasteiger partial charge on any atom is -0.377 e. The van der Waals surface area contributed by atoms with Crippen LogP contribution in [0.3, 0.4) is 0 Å². The summed E-state index contributed by atoms with van der Waals surface area (Å²) < 4.78 is 0. The van der Waals surface area contributed by atoms with Crippen molar-refractivity contribution in [2.24, 2.45) is 0 Å². The zero-order valence-corrected chi connectivity index (χ0v) is 15.8. The Morgan fingerprint density at radius 2 is 0.917 bits per heavy atom. The van der Waals surface area contributed by atoms with Gasteiger partial charge in [0, 0.05) is 39.6 Å². The highest BCUT2D eigenvalue weighted by Crippen LogP contribution is 2.22. The molecule has 2 aromatic rings. The fourth-order valence-corrected chi connectivity index (χ4v) is 3.30. The molecule has 0 atom stereocenters. The number of para-hydroxylation sites is 2. The lowest BCUT2D eigenvalue weighted by Gasteiger charge is -2.17. The molecule has 0 heterocycles. The predicted octanol–water partition coefficient (Wildman–Crippen LogP) is 5.16. The van der Waals surface area contributed by atoms with Crippen LogP contribution in [0.25, 0.3) is 0 Å². The van der Waals surface area contributed by atoms with Crippen LogP contribution in [0.15, 0.2) is 48.5 Å². The zero-order chi connectivity index (χ0) is 17.4. The Morgan fingerprint density at radius 3 is 1.29 bits per heavy atom. The van der Waals surface area contributed by atoms with Crippen molar-refractivity contribution >= 4 is 11.4 Å². The summed E-state index contributed by atoms with van der Waals surface area (Å²) in [4.78, 5) is 4.43. The highest BCUT2D eigenvalue weighted by Gasteiger charge is 2.05. The van der Waals surface area contributed by atoms with Crippen molar-refractivity contribution in [3.8, 4) is 0 Å². The van der Waals surface area contributed by atoms with Crippen LogP contribution >= 0.6 is 0 Å². The lowest BCUT2D eigenvalue weighted by Crippen LogP contribution is -2.11. The molecule has 0 bridgehead atoms. The third-order valence-electron chi connectivity index (χ3n) is 4.59. The third kappa shape index (κ3) is 5.30. The SMILES string of the molecule is CN(C)c1ccccc1CCCCCCc1ccccc1N(C)C. The number of nitrogens with zero attached hydrogens (tertiary/aromatic N) is 2.